The highest BCUT2D eigenvalue weighted by molar-refractivity contribution is 5.70. The van der Waals surface area contributed by atoms with E-state index in [-0.39, 0.29) is 32.0 Å². The minimum atomic E-state index is -1.59. The van der Waals surface area contributed by atoms with Gasteiger partial charge in [-0.15, -0.1) is 0 Å². The third-order valence-electron chi connectivity index (χ3n) is 10.5. The lowest BCUT2D eigenvalue weighted by molar-refractivity contribution is -0.305. The molecule has 1 heterocycles. The Hall–Kier alpha value is -1.30. The Morgan fingerprint density at radius 3 is 1.28 bits per heavy atom. The number of esters is 2. The first-order chi connectivity index (χ1) is 25.8. The van der Waals surface area contributed by atoms with E-state index >= 15 is 0 Å². The van der Waals surface area contributed by atoms with Crippen molar-refractivity contribution in [2.24, 2.45) is 0 Å². The SMILES string of the molecule is CCCCCCCCCCCCCCCCCCCCCC(=O)OCC(CO[C@@H]1O[C@H](CO)[C@@H](O)[C@H](O)[C@H]1O)OC(=O)CCCCCCCCCCC. The van der Waals surface area contributed by atoms with Gasteiger partial charge in [-0.1, -0.05) is 181 Å². The molecule has 1 fully saturated rings. The smallest absolute Gasteiger partial charge is 0.306 e. The molecule has 10 nitrogen and oxygen atoms in total. The fourth-order valence-electron chi connectivity index (χ4n) is 6.95. The average molecular weight is 759 g/mol. The van der Waals surface area contributed by atoms with E-state index in [1.165, 1.54) is 135 Å². The van der Waals surface area contributed by atoms with Crippen LogP contribution in [0.2, 0.25) is 0 Å². The molecule has 0 bridgehead atoms. The van der Waals surface area contributed by atoms with E-state index in [4.69, 9.17) is 18.9 Å². The zero-order chi connectivity index (χ0) is 38.8. The van der Waals surface area contributed by atoms with Crippen molar-refractivity contribution in [2.75, 3.05) is 19.8 Å². The van der Waals surface area contributed by atoms with Crippen LogP contribution in [0, 0.1) is 0 Å². The largest absolute Gasteiger partial charge is 0.462 e. The van der Waals surface area contributed by atoms with Gasteiger partial charge in [-0.25, -0.2) is 0 Å². The van der Waals surface area contributed by atoms with E-state index in [2.05, 4.69) is 13.8 Å². The summed E-state index contributed by atoms with van der Waals surface area (Å²) in [7, 11) is 0. The molecule has 0 radical (unpaired) electrons. The van der Waals surface area contributed by atoms with Crippen LogP contribution in [0.1, 0.15) is 206 Å². The zero-order valence-electron chi connectivity index (χ0n) is 34.0. The molecule has 314 valence electrons. The standard InChI is InChI=1S/C43H82O10/c1-3-5-7-9-11-13-14-15-16-17-18-19-20-21-22-24-25-27-29-31-38(45)50-34-36(35-51-43-42(49)41(48)40(47)37(33-44)53-43)52-39(46)32-30-28-26-23-12-10-8-6-4-2/h36-37,40-44,47-49H,3-35H2,1-2H3/t36?,37-,40-,41+,42-,43-/m1/s1. The van der Waals surface area contributed by atoms with Crippen LogP contribution in [-0.2, 0) is 28.5 Å². The molecule has 1 unspecified atom stereocenters. The highest BCUT2D eigenvalue weighted by Gasteiger charge is 2.44. The fourth-order valence-corrected chi connectivity index (χ4v) is 6.95. The van der Waals surface area contributed by atoms with Gasteiger partial charge < -0.3 is 39.4 Å². The predicted octanol–water partition coefficient (Wildman–Crippen LogP) is 9.00. The maximum Gasteiger partial charge on any atom is 0.306 e. The second-order valence-corrected chi connectivity index (χ2v) is 15.5. The maximum absolute atomic E-state index is 12.7. The van der Waals surface area contributed by atoms with Gasteiger partial charge in [0.25, 0.3) is 0 Å². The van der Waals surface area contributed by atoms with E-state index < -0.39 is 49.4 Å². The third-order valence-corrected chi connectivity index (χ3v) is 10.5. The van der Waals surface area contributed by atoms with Crippen molar-refractivity contribution in [3.63, 3.8) is 0 Å². The molecule has 0 spiro atoms. The van der Waals surface area contributed by atoms with Crippen molar-refractivity contribution in [1.82, 2.24) is 0 Å². The van der Waals surface area contributed by atoms with Gasteiger partial charge >= 0.3 is 11.9 Å². The van der Waals surface area contributed by atoms with Crippen molar-refractivity contribution in [2.45, 2.75) is 243 Å². The number of aliphatic hydroxyl groups is 4. The minimum Gasteiger partial charge on any atom is -0.462 e. The Labute approximate surface area is 323 Å². The molecule has 1 saturated heterocycles. The van der Waals surface area contributed by atoms with Gasteiger partial charge in [0.15, 0.2) is 12.4 Å². The Morgan fingerprint density at radius 2 is 0.887 bits per heavy atom. The number of carbonyl (C=O) groups excluding carboxylic acids is 2. The number of hydrogen-bond donors (Lipinski definition) is 4. The minimum absolute atomic E-state index is 0.209. The lowest BCUT2D eigenvalue weighted by atomic mass is 9.99. The summed E-state index contributed by atoms with van der Waals surface area (Å²) in [5.41, 5.74) is 0. The second kappa shape index (κ2) is 35.1. The van der Waals surface area contributed by atoms with Crippen LogP contribution in [0.15, 0.2) is 0 Å². The van der Waals surface area contributed by atoms with Gasteiger partial charge in [0.1, 0.15) is 31.0 Å². The maximum atomic E-state index is 12.7. The second-order valence-electron chi connectivity index (χ2n) is 15.5. The molecule has 1 aliphatic heterocycles. The molecule has 53 heavy (non-hydrogen) atoms. The van der Waals surface area contributed by atoms with E-state index in [1.807, 2.05) is 0 Å². The van der Waals surface area contributed by atoms with Crippen molar-refractivity contribution in [3.8, 4) is 0 Å². The molecule has 0 aliphatic carbocycles. The molecule has 10 heteroatoms. The van der Waals surface area contributed by atoms with Gasteiger partial charge in [-0.2, -0.15) is 0 Å². The van der Waals surface area contributed by atoms with Crippen LogP contribution in [-0.4, -0.2) is 89.0 Å². The average Bonchev–Trinajstić information content (AvgIpc) is 3.15. The van der Waals surface area contributed by atoms with E-state index in [1.54, 1.807) is 0 Å². The van der Waals surface area contributed by atoms with Crippen molar-refractivity contribution in [3.05, 3.63) is 0 Å². The number of hydrogen-bond acceptors (Lipinski definition) is 10. The monoisotopic (exact) mass is 759 g/mol. The van der Waals surface area contributed by atoms with Gasteiger partial charge in [0.05, 0.1) is 13.2 Å². The molecule has 1 aliphatic rings. The van der Waals surface area contributed by atoms with E-state index in [0.717, 1.165) is 38.5 Å². The molecular weight excluding hydrogens is 676 g/mol. The lowest BCUT2D eigenvalue weighted by Crippen LogP contribution is -2.59. The molecule has 0 aromatic carbocycles. The van der Waals surface area contributed by atoms with Gasteiger partial charge in [0.2, 0.25) is 0 Å². The molecule has 0 aromatic rings. The van der Waals surface area contributed by atoms with Crippen LogP contribution in [0.5, 0.6) is 0 Å². The molecule has 1 rings (SSSR count). The molecule has 6 atom stereocenters. The van der Waals surface area contributed by atoms with Gasteiger partial charge in [0, 0.05) is 12.8 Å². The highest BCUT2D eigenvalue weighted by Crippen LogP contribution is 2.23. The number of aliphatic hydroxyl groups excluding tert-OH is 4. The first kappa shape index (κ1) is 49.7. The fraction of sp³-hybridized carbons (Fsp3) is 0.953. The Bertz CT molecular complexity index is 840. The van der Waals surface area contributed by atoms with Crippen LogP contribution < -0.4 is 0 Å². The summed E-state index contributed by atoms with van der Waals surface area (Å²) in [5.74, 6) is -0.796. The number of ether oxygens (including phenoxy) is 4. The molecule has 0 aromatic heterocycles. The predicted molar refractivity (Wildman–Crippen MR) is 210 cm³/mol. The quantitative estimate of drug-likeness (QED) is 0.0357. The van der Waals surface area contributed by atoms with E-state index in [9.17, 15) is 30.0 Å². The molecular formula is C43H82O10. The number of unbranched alkanes of at least 4 members (excludes halogenated alkanes) is 26. The van der Waals surface area contributed by atoms with Crippen LogP contribution in [0.4, 0.5) is 0 Å². The topological polar surface area (TPSA) is 152 Å². The normalized spacial score (nSPS) is 20.8. The summed E-state index contributed by atoms with van der Waals surface area (Å²) in [5, 5.41) is 39.9. The molecule has 0 amide bonds. The van der Waals surface area contributed by atoms with Crippen molar-refractivity contribution in [1.29, 1.82) is 0 Å². The van der Waals surface area contributed by atoms with Crippen LogP contribution in [0.3, 0.4) is 0 Å². The van der Waals surface area contributed by atoms with Gasteiger partial charge in [-0.05, 0) is 12.8 Å². The van der Waals surface area contributed by atoms with Crippen LogP contribution >= 0.6 is 0 Å². The van der Waals surface area contributed by atoms with Gasteiger partial charge in [-0.3, -0.25) is 9.59 Å². The Kier molecular flexibility index (Phi) is 33.0. The van der Waals surface area contributed by atoms with Crippen LogP contribution in [0.25, 0.3) is 0 Å². The number of rotatable bonds is 37. The Morgan fingerprint density at radius 1 is 0.509 bits per heavy atom. The summed E-state index contributed by atoms with van der Waals surface area (Å²) in [6.45, 7) is 3.42. The first-order valence-electron chi connectivity index (χ1n) is 22.1. The summed E-state index contributed by atoms with van der Waals surface area (Å²) in [4.78, 5) is 25.2. The molecule has 0 saturated carbocycles. The van der Waals surface area contributed by atoms with Crippen molar-refractivity contribution < 1.29 is 49.0 Å². The summed E-state index contributed by atoms with van der Waals surface area (Å²) in [6.07, 6.45) is 27.0. The highest BCUT2D eigenvalue weighted by atomic mass is 16.7. The summed E-state index contributed by atoms with van der Waals surface area (Å²) >= 11 is 0. The van der Waals surface area contributed by atoms with E-state index in [0.29, 0.717) is 6.42 Å². The third kappa shape index (κ3) is 27.0. The summed E-state index contributed by atoms with van der Waals surface area (Å²) < 4.78 is 22.1. The lowest BCUT2D eigenvalue weighted by Gasteiger charge is -2.39. The summed E-state index contributed by atoms with van der Waals surface area (Å²) in [6, 6.07) is 0. The van der Waals surface area contributed by atoms with Crippen molar-refractivity contribution >= 4 is 11.9 Å². The first-order valence-corrected chi connectivity index (χ1v) is 22.1. The molecule has 4 N–H and O–H groups in total. The number of carbonyl (C=O) groups is 2. The Balaban J connectivity index is 2.25. The zero-order valence-corrected chi connectivity index (χ0v) is 34.0.